The fraction of sp³-hybridized carbons (Fsp3) is 0.400. The smallest absolute Gasteiger partial charge is 0.123 e. The van der Waals surface area contributed by atoms with E-state index in [0.29, 0.717) is 0 Å². The molecule has 1 aromatic carbocycles. The molecule has 1 heterocycles. The second kappa shape index (κ2) is 5.21. The summed E-state index contributed by atoms with van der Waals surface area (Å²) < 4.78 is 0. The highest BCUT2D eigenvalue weighted by Gasteiger charge is 2.20. The molecule has 0 amide bonds. The normalized spacial score (nSPS) is 14.9. The van der Waals surface area contributed by atoms with Crippen LogP contribution in [0.3, 0.4) is 0 Å². The van der Waals surface area contributed by atoms with Crippen molar-refractivity contribution in [2.75, 3.05) is 0 Å². The molecule has 94 valence electrons. The number of hydrogen-bond acceptors (Lipinski definition) is 3. The fourth-order valence-corrected chi connectivity index (χ4v) is 2.81. The van der Waals surface area contributed by atoms with Gasteiger partial charge >= 0.3 is 0 Å². The minimum atomic E-state index is 0.763. The third kappa shape index (κ3) is 2.79. The van der Waals surface area contributed by atoms with E-state index in [4.69, 9.17) is 0 Å². The van der Waals surface area contributed by atoms with Crippen molar-refractivity contribution >= 4 is 11.3 Å². The molecule has 0 aliphatic heterocycles. The maximum atomic E-state index is 4.52. The SMILES string of the molecule is CCc1ccc(-c2ncc(CNC3CC3)s2)cc1. The summed E-state index contributed by atoms with van der Waals surface area (Å²) in [4.78, 5) is 5.85. The van der Waals surface area contributed by atoms with Crippen LogP contribution in [0.25, 0.3) is 10.6 Å². The van der Waals surface area contributed by atoms with Crippen LogP contribution in [0.5, 0.6) is 0 Å². The summed E-state index contributed by atoms with van der Waals surface area (Å²) in [5, 5.41) is 4.66. The molecule has 0 saturated heterocycles. The molecule has 0 unspecified atom stereocenters. The van der Waals surface area contributed by atoms with E-state index in [1.54, 1.807) is 11.3 Å². The summed E-state index contributed by atoms with van der Waals surface area (Å²) in [7, 11) is 0. The highest BCUT2D eigenvalue weighted by atomic mass is 32.1. The summed E-state index contributed by atoms with van der Waals surface area (Å²) in [6.45, 7) is 3.15. The van der Waals surface area contributed by atoms with Crippen LogP contribution < -0.4 is 5.32 Å². The number of benzene rings is 1. The van der Waals surface area contributed by atoms with Crippen molar-refractivity contribution in [2.45, 2.75) is 38.8 Å². The lowest BCUT2D eigenvalue weighted by molar-refractivity contribution is 0.694. The molecule has 1 aliphatic carbocycles. The second-order valence-corrected chi connectivity index (χ2v) is 5.95. The number of nitrogens with zero attached hydrogens (tertiary/aromatic N) is 1. The summed E-state index contributed by atoms with van der Waals surface area (Å²) in [5.41, 5.74) is 2.61. The van der Waals surface area contributed by atoms with Gasteiger partial charge in [0.15, 0.2) is 0 Å². The average Bonchev–Trinajstić information content (AvgIpc) is 3.14. The third-order valence-corrected chi connectivity index (χ3v) is 4.35. The van der Waals surface area contributed by atoms with Gasteiger partial charge in [-0.3, -0.25) is 0 Å². The van der Waals surface area contributed by atoms with Crippen LogP contribution >= 0.6 is 11.3 Å². The number of thiazole rings is 1. The van der Waals surface area contributed by atoms with Crippen LogP contribution in [0.1, 0.15) is 30.2 Å². The van der Waals surface area contributed by atoms with Gasteiger partial charge in [0, 0.05) is 29.2 Å². The van der Waals surface area contributed by atoms with E-state index in [9.17, 15) is 0 Å². The van der Waals surface area contributed by atoms with Crippen molar-refractivity contribution in [3.05, 3.63) is 40.9 Å². The molecule has 1 aromatic heterocycles. The standard InChI is InChI=1S/C15H18N2S/c1-2-11-3-5-12(6-4-11)15-17-10-14(18-15)9-16-13-7-8-13/h3-6,10,13,16H,2,7-9H2,1H3. The Morgan fingerprint density at radius 3 is 2.72 bits per heavy atom. The minimum absolute atomic E-state index is 0.763. The van der Waals surface area contributed by atoms with E-state index in [-0.39, 0.29) is 0 Å². The quantitative estimate of drug-likeness (QED) is 0.886. The van der Waals surface area contributed by atoms with E-state index in [1.165, 1.54) is 28.8 Å². The molecule has 1 saturated carbocycles. The Balaban J connectivity index is 1.70. The Hall–Kier alpha value is -1.19. The lowest BCUT2D eigenvalue weighted by Gasteiger charge is -1.99. The van der Waals surface area contributed by atoms with E-state index in [1.807, 2.05) is 6.20 Å². The Kier molecular flexibility index (Phi) is 3.43. The van der Waals surface area contributed by atoms with Crippen molar-refractivity contribution in [3.8, 4) is 10.6 Å². The van der Waals surface area contributed by atoms with Crippen LogP contribution in [0, 0.1) is 0 Å². The topological polar surface area (TPSA) is 24.9 Å². The van der Waals surface area contributed by atoms with Crippen molar-refractivity contribution in [3.63, 3.8) is 0 Å². The number of nitrogens with one attached hydrogen (secondary N) is 1. The first-order valence-electron chi connectivity index (χ1n) is 6.62. The van der Waals surface area contributed by atoms with E-state index in [0.717, 1.165) is 24.0 Å². The van der Waals surface area contributed by atoms with Crippen LogP contribution in [-0.2, 0) is 13.0 Å². The first-order valence-corrected chi connectivity index (χ1v) is 7.44. The molecular weight excluding hydrogens is 240 g/mol. The van der Waals surface area contributed by atoms with Gasteiger partial charge in [-0.05, 0) is 24.8 Å². The Labute approximate surface area is 112 Å². The molecule has 2 nitrogen and oxygen atoms in total. The van der Waals surface area contributed by atoms with Gasteiger partial charge in [-0.2, -0.15) is 0 Å². The maximum absolute atomic E-state index is 4.52. The lowest BCUT2D eigenvalue weighted by Crippen LogP contribution is -2.14. The van der Waals surface area contributed by atoms with Gasteiger partial charge in [0.2, 0.25) is 0 Å². The van der Waals surface area contributed by atoms with Gasteiger partial charge in [0.05, 0.1) is 0 Å². The van der Waals surface area contributed by atoms with Crippen LogP contribution in [0.2, 0.25) is 0 Å². The average molecular weight is 258 g/mol. The molecule has 1 aliphatic rings. The van der Waals surface area contributed by atoms with Gasteiger partial charge in [0.25, 0.3) is 0 Å². The summed E-state index contributed by atoms with van der Waals surface area (Å²) in [6, 6.07) is 9.50. The van der Waals surface area contributed by atoms with Crippen LogP contribution in [-0.4, -0.2) is 11.0 Å². The van der Waals surface area contributed by atoms with E-state index >= 15 is 0 Å². The molecule has 0 bridgehead atoms. The van der Waals surface area contributed by atoms with Gasteiger partial charge < -0.3 is 5.32 Å². The molecule has 1 fully saturated rings. The summed E-state index contributed by atoms with van der Waals surface area (Å²) >= 11 is 1.80. The molecule has 1 N–H and O–H groups in total. The summed E-state index contributed by atoms with van der Waals surface area (Å²) in [5.74, 6) is 0. The maximum Gasteiger partial charge on any atom is 0.123 e. The van der Waals surface area contributed by atoms with E-state index < -0.39 is 0 Å². The van der Waals surface area contributed by atoms with Crippen LogP contribution in [0.4, 0.5) is 0 Å². The van der Waals surface area contributed by atoms with Crippen molar-refractivity contribution in [1.82, 2.24) is 10.3 Å². The van der Waals surface area contributed by atoms with Crippen LogP contribution in [0.15, 0.2) is 30.5 Å². The molecule has 18 heavy (non-hydrogen) atoms. The number of aromatic nitrogens is 1. The first kappa shape index (κ1) is 11.9. The highest BCUT2D eigenvalue weighted by molar-refractivity contribution is 7.15. The zero-order valence-electron chi connectivity index (χ0n) is 10.6. The molecule has 0 radical (unpaired) electrons. The predicted octanol–water partition coefficient (Wildman–Crippen LogP) is 3.62. The summed E-state index contributed by atoms with van der Waals surface area (Å²) in [6.07, 6.45) is 5.77. The molecule has 3 rings (SSSR count). The number of hydrogen-bond donors (Lipinski definition) is 1. The number of rotatable bonds is 5. The Bertz CT molecular complexity index is 512. The number of aryl methyl sites for hydroxylation is 1. The lowest BCUT2D eigenvalue weighted by atomic mass is 10.1. The Morgan fingerprint density at radius 2 is 2.06 bits per heavy atom. The molecular formula is C15H18N2S. The van der Waals surface area contributed by atoms with Gasteiger partial charge in [-0.25, -0.2) is 4.98 Å². The molecule has 2 aromatic rings. The zero-order valence-corrected chi connectivity index (χ0v) is 11.5. The van der Waals surface area contributed by atoms with Crippen molar-refractivity contribution in [2.24, 2.45) is 0 Å². The van der Waals surface area contributed by atoms with Gasteiger partial charge in [-0.15, -0.1) is 11.3 Å². The monoisotopic (exact) mass is 258 g/mol. The van der Waals surface area contributed by atoms with Crippen molar-refractivity contribution < 1.29 is 0 Å². The predicted molar refractivity (Wildman–Crippen MR) is 76.8 cm³/mol. The molecule has 3 heteroatoms. The zero-order chi connectivity index (χ0) is 12.4. The molecule has 0 spiro atoms. The van der Waals surface area contributed by atoms with Gasteiger partial charge in [-0.1, -0.05) is 31.2 Å². The fourth-order valence-electron chi connectivity index (χ4n) is 1.94. The van der Waals surface area contributed by atoms with E-state index in [2.05, 4.69) is 41.5 Å². The first-order chi connectivity index (χ1) is 8.85. The third-order valence-electron chi connectivity index (χ3n) is 3.31. The highest BCUT2D eigenvalue weighted by Crippen LogP contribution is 2.26. The Morgan fingerprint density at radius 1 is 1.28 bits per heavy atom. The van der Waals surface area contributed by atoms with Crippen molar-refractivity contribution in [1.29, 1.82) is 0 Å². The van der Waals surface area contributed by atoms with Gasteiger partial charge in [0.1, 0.15) is 5.01 Å². The second-order valence-electron chi connectivity index (χ2n) is 4.84. The largest absolute Gasteiger partial charge is 0.309 e. The molecule has 0 atom stereocenters. The minimum Gasteiger partial charge on any atom is -0.309 e.